The first kappa shape index (κ1) is 13.7. The molecule has 0 aliphatic carbocycles. The van der Waals surface area contributed by atoms with E-state index in [9.17, 15) is 4.39 Å². The molecule has 2 aromatic rings. The summed E-state index contributed by atoms with van der Waals surface area (Å²) in [5.41, 5.74) is 0.773. The third kappa shape index (κ3) is 4.48. The second kappa shape index (κ2) is 7.04. The molecule has 19 heavy (non-hydrogen) atoms. The van der Waals surface area contributed by atoms with Crippen molar-refractivity contribution in [1.82, 2.24) is 15.1 Å². The first-order chi connectivity index (χ1) is 9.25. The van der Waals surface area contributed by atoms with Crippen molar-refractivity contribution in [2.75, 3.05) is 6.54 Å². The zero-order valence-corrected chi connectivity index (χ0v) is 11.2. The molecule has 1 unspecified atom stereocenters. The molecule has 4 heteroatoms. The summed E-state index contributed by atoms with van der Waals surface area (Å²) < 4.78 is 15.4. The van der Waals surface area contributed by atoms with Crippen molar-refractivity contribution in [1.29, 1.82) is 0 Å². The Morgan fingerprint density at radius 2 is 2.16 bits per heavy atom. The lowest BCUT2D eigenvalue weighted by molar-refractivity contribution is 0.488. The molecule has 0 radical (unpaired) electrons. The summed E-state index contributed by atoms with van der Waals surface area (Å²) in [7, 11) is 0. The summed E-state index contributed by atoms with van der Waals surface area (Å²) in [5.74, 6) is -0.118. The first-order valence-electron chi connectivity index (χ1n) is 6.70. The fourth-order valence-corrected chi connectivity index (χ4v) is 2.09. The van der Waals surface area contributed by atoms with Gasteiger partial charge in [0.05, 0.1) is 0 Å². The van der Waals surface area contributed by atoms with Crippen LogP contribution in [-0.2, 0) is 13.0 Å². The van der Waals surface area contributed by atoms with E-state index in [0.29, 0.717) is 6.42 Å². The molecule has 1 atom stereocenters. The Morgan fingerprint density at radius 1 is 1.32 bits per heavy atom. The van der Waals surface area contributed by atoms with Gasteiger partial charge in [0.15, 0.2) is 0 Å². The van der Waals surface area contributed by atoms with Crippen LogP contribution in [0.2, 0.25) is 0 Å². The molecule has 1 heterocycles. The Morgan fingerprint density at radius 3 is 2.89 bits per heavy atom. The topological polar surface area (TPSA) is 29.9 Å². The van der Waals surface area contributed by atoms with Gasteiger partial charge in [-0.15, -0.1) is 0 Å². The lowest BCUT2D eigenvalue weighted by Gasteiger charge is -2.14. The summed E-state index contributed by atoms with van der Waals surface area (Å²) >= 11 is 0. The van der Waals surface area contributed by atoms with Crippen LogP contribution in [0.15, 0.2) is 42.7 Å². The van der Waals surface area contributed by atoms with E-state index in [1.165, 1.54) is 6.07 Å². The summed E-state index contributed by atoms with van der Waals surface area (Å²) in [6, 6.07) is 9.16. The van der Waals surface area contributed by atoms with E-state index in [1.54, 1.807) is 12.3 Å². The van der Waals surface area contributed by atoms with Crippen molar-refractivity contribution >= 4 is 0 Å². The van der Waals surface area contributed by atoms with Gasteiger partial charge in [0.25, 0.3) is 0 Å². The predicted octanol–water partition coefficient (Wildman–Crippen LogP) is 2.63. The minimum absolute atomic E-state index is 0.118. The largest absolute Gasteiger partial charge is 0.314 e. The van der Waals surface area contributed by atoms with Gasteiger partial charge in [-0.25, -0.2) is 4.39 Å². The van der Waals surface area contributed by atoms with Gasteiger partial charge in [-0.1, -0.05) is 18.2 Å². The summed E-state index contributed by atoms with van der Waals surface area (Å²) in [6.07, 6.45) is 5.48. The molecule has 0 aliphatic heterocycles. The summed E-state index contributed by atoms with van der Waals surface area (Å²) in [5, 5.41) is 7.56. The van der Waals surface area contributed by atoms with E-state index in [4.69, 9.17) is 0 Å². The highest BCUT2D eigenvalue weighted by Gasteiger charge is 2.06. The number of nitrogens with one attached hydrogen (secondary N) is 1. The van der Waals surface area contributed by atoms with Crippen LogP contribution in [-0.4, -0.2) is 22.4 Å². The third-order valence-electron chi connectivity index (χ3n) is 3.10. The van der Waals surface area contributed by atoms with Gasteiger partial charge in [-0.3, -0.25) is 4.68 Å². The lowest BCUT2D eigenvalue weighted by Crippen LogP contribution is -2.29. The molecule has 0 aliphatic rings. The molecule has 1 aromatic carbocycles. The number of benzene rings is 1. The van der Waals surface area contributed by atoms with Crippen LogP contribution < -0.4 is 5.32 Å². The predicted molar refractivity (Wildman–Crippen MR) is 74.4 cm³/mol. The fraction of sp³-hybridized carbons (Fsp3) is 0.400. The van der Waals surface area contributed by atoms with Crippen molar-refractivity contribution in [3.63, 3.8) is 0 Å². The Labute approximate surface area is 113 Å². The van der Waals surface area contributed by atoms with Gasteiger partial charge in [0.2, 0.25) is 0 Å². The molecule has 0 spiro atoms. The molecule has 1 aromatic heterocycles. The van der Waals surface area contributed by atoms with Crippen molar-refractivity contribution in [3.8, 4) is 0 Å². The van der Waals surface area contributed by atoms with Crippen LogP contribution in [0.4, 0.5) is 4.39 Å². The molecule has 0 fully saturated rings. The first-order valence-corrected chi connectivity index (χ1v) is 6.70. The monoisotopic (exact) mass is 261 g/mol. The normalized spacial score (nSPS) is 12.5. The number of hydrogen-bond acceptors (Lipinski definition) is 2. The number of aromatic nitrogens is 2. The molecular weight excluding hydrogens is 241 g/mol. The Bertz CT molecular complexity index is 482. The SMILES string of the molecule is CC(Cc1ccccc1F)NCCCn1cccn1. The summed E-state index contributed by atoms with van der Waals surface area (Å²) in [6.45, 7) is 3.91. The van der Waals surface area contributed by atoms with Crippen LogP contribution in [0.1, 0.15) is 18.9 Å². The van der Waals surface area contributed by atoms with Gasteiger partial charge < -0.3 is 5.32 Å². The van der Waals surface area contributed by atoms with E-state index in [2.05, 4.69) is 17.3 Å². The highest BCUT2D eigenvalue weighted by Crippen LogP contribution is 2.08. The number of nitrogens with zero attached hydrogens (tertiary/aromatic N) is 2. The maximum atomic E-state index is 13.5. The smallest absolute Gasteiger partial charge is 0.126 e. The highest BCUT2D eigenvalue weighted by molar-refractivity contribution is 5.18. The van der Waals surface area contributed by atoms with E-state index in [-0.39, 0.29) is 11.9 Å². The van der Waals surface area contributed by atoms with Gasteiger partial charge >= 0.3 is 0 Å². The number of hydrogen-bond donors (Lipinski definition) is 1. The minimum Gasteiger partial charge on any atom is -0.314 e. The molecule has 0 bridgehead atoms. The van der Waals surface area contributed by atoms with Crippen LogP contribution in [0, 0.1) is 5.82 Å². The molecule has 102 valence electrons. The maximum absolute atomic E-state index is 13.5. The minimum atomic E-state index is -0.118. The second-order valence-electron chi connectivity index (χ2n) is 4.77. The second-order valence-corrected chi connectivity index (χ2v) is 4.77. The van der Waals surface area contributed by atoms with Crippen molar-refractivity contribution in [2.24, 2.45) is 0 Å². The quantitative estimate of drug-likeness (QED) is 0.776. The molecule has 3 nitrogen and oxygen atoms in total. The third-order valence-corrected chi connectivity index (χ3v) is 3.10. The van der Waals surface area contributed by atoms with Crippen molar-refractivity contribution in [3.05, 3.63) is 54.1 Å². The van der Waals surface area contributed by atoms with Crippen molar-refractivity contribution in [2.45, 2.75) is 32.4 Å². The average molecular weight is 261 g/mol. The van der Waals surface area contributed by atoms with Crippen LogP contribution in [0.25, 0.3) is 0 Å². The van der Waals surface area contributed by atoms with Gasteiger partial charge in [0.1, 0.15) is 5.82 Å². The Kier molecular flexibility index (Phi) is 5.10. The van der Waals surface area contributed by atoms with Gasteiger partial charge in [-0.2, -0.15) is 5.10 Å². The molecule has 2 rings (SSSR count). The van der Waals surface area contributed by atoms with Crippen molar-refractivity contribution < 1.29 is 4.39 Å². The van der Waals surface area contributed by atoms with E-state index < -0.39 is 0 Å². The maximum Gasteiger partial charge on any atom is 0.126 e. The number of aryl methyl sites for hydroxylation is 1. The summed E-state index contributed by atoms with van der Waals surface area (Å²) in [4.78, 5) is 0. The average Bonchev–Trinajstić information content (AvgIpc) is 2.91. The lowest BCUT2D eigenvalue weighted by atomic mass is 10.1. The molecule has 1 N–H and O–H groups in total. The van der Waals surface area contributed by atoms with E-state index in [1.807, 2.05) is 29.1 Å². The van der Waals surface area contributed by atoms with E-state index >= 15 is 0 Å². The van der Waals surface area contributed by atoms with Gasteiger partial charge in [0, 0.05) is 25.0 Å². The van der Waals surface area contributed by atoms with Gasteiger partial charge in [-0.05, 0) is 44.0 Å². The van der Waals surface area contributed by atoms with Crippen LogP contribution in [0.5, 0.6) is 0 Å². The fourth-order valence-electron chi connectivity index (χ4n) is 2.09. The zero-order valence-electron chi connectivity index (χ0n) is 11.2. The van der Waals surface area contributed by atoms with E-state index in [0.717, 1.165) is 25.1 Å². The molecule has 0 saturated carbocycles. The Hall–Kier alpha value is -1.68. The molecular formula is C15H20FN3. The Balaban J connectivity index is 1.67. The molecule has 0 saturated heterocycles. The van der Waals surface area contributed by atoms with Crippen LogP contribution in [0.3, 0.4) is 0 Å². The number of rotatable bonds is 7. The highest BCUT2D eigenvalue weighted by atomic mass is 19.1. The number of halogens is 1. The van der Waals surface area contributed by atoms with Crippen LogP contribution >= 0.6 is 0 Å². The zero-order chi connectivity index (χ0) is 13.5. The molecule has 0 amide bonds. The standard InChI is InChI=1S/C15H20FN3/c1-13(12-14-6-2-3-7-15(14)16)17-8-4-10-19-11-5-9-18-19/h2-3,5-7,9,11,13,17H,4,8,10,12H2,1H3.